The average molecular weight is 312 g/mol. The van der Waals surface area contributed by atoms with Crippen LogP contribution in [0.5, 0.6) is 0 Å². The molecule has 0 saturated carbocycles. The molecule has 0 bridgehead atoms. The number of rotatable bonds is 5. The first-order valence-corrected chi connectivity index (χ1v) is 6.72. The van der Waals surface area contributed by atoms with Gasteiger partial charge >= 0.3 is 0 Å². The number of aromatic nitrogens is 2. The zero-order valence-electron chi connectivity index (χ0n) is 11.9. The Bertz CT molecular complexity index is 825. The van der Waals surface area contributed by atoms with E-state index >= 15 is 0 Å². The molecule has 0 aliphatic rings. The van der Waals surface area contributed by atoms with Crippen molar-refractivity contribution in [2.45, 2.75) is 6.54 Å². The van der Waals surface area contributed by atoms with Gasteiger partial charge in [-0.25, -0.2) is 4.98 Å². The van der Waals surface area contributed by atoms with Crippen molar-refractivity contribution in [1.82, 2.24) is 14.9 Å². The Hall–Kier alpha value is -3.42. The van der Waals surface area contributed by atoms with Crippen LogP contribution in [-0.2, 0) is 6.54 Å². The summed E-state index contributed by atoms with van der Waals surface area (Å²) in [6.07, 6.45) is 6.08. The number of nitro groups is 1. The maximum absolute atomic E-state index is 12.1. The van der Waals surface area contributed by atoms with Crippen LogP contribution in [0.1, 0.15) is 16.1 Å². The van der Waals surface area contributed by atoms with E-state index in [1.165, 1.54) is 41.6 Å². The molecule has 0 aliphatic heterocycles. The lowest BCUT2D eigenvalue weighted by Crippen LogP contribution is -2.22. The number of furan rings is 1. The number of nitrogens with one attached hydrogen (secondary N) is 1. The Kier molecular flexibility index (Phi) is 3.88. The maximum Gasteiger partial charge on any atom is 0.294 e. The zero-order valence-corrected chi connectivity index (χ0v) is 11.9. The Morgan fingerprint density at radius 2 is 2.26 bits per heavy atom. The fraction of sp³-hybridized carbons (Fsp3) is 0.0667. The highest BCUT2D eigenvalue weighted by Gasteiger charge is 2.18. The van der Waals surface area contributed by atoms with Gasteiger partial charge in [-0.05, 0) is 24.3 Å². The Morgan fingerprint density at radius 1 is 1.39 bits per heavy atom. The van der Waals surface area contributed by atoms with Crippen molar-refractivity contribution in [3.8, 4) is 5.69 Å². The van der Waals surface area contributed by atoms with Crippen molar-refractivity contribution in [2.24, 2.45) is 0 Å². The Balaban J connectivity index is 1.84. The predicted octanol–water partition coefficient (Wildman–Crippen LogP) is 2.30. The molecule has 0 aliphatic carbocycles. The van der Waals surface area contributed by atoms with E-state index < -0.39 is 10.8 Å². The van der Waals surface area contributed by atoms with Gasteiger partial charge in [0.05, 0.1) is 24.1 Å². The van der Waals surface area contributed by atoms with Gasteiger partial charge in [0.2, 0.25) is 0 Å². The molecule has 116 valence electrons. The summed E-state index contributed by atoms with van der Waals surface area (Å²) in [6, 6.07) is 7.73. The lowest BCUT2D eigenvalue weighted by Gasteiger charge is -2.07. The van der Waals surface area contributed by atoms with Crippen LogP contribution in [-0.4, -0.2) is 20.4 Å². The molecule has 8 nitrogen and oxygen atoms in total. The van der Waals surface area contributed by atoms with Gasteiger partial charge in [-0.3, -0.25) is 14.9 Å². The number of hydrogen-bond donors (Lipinski definition) is 1. The topological polar surface area (TPSA) is 103 Å². The van der Waals surface area contributed by atoms with Gasteiger partial charge < -0.3 is 14.3 Å². The Morgan fingerprint density at radius 3 is 2.91 bits per heavy atom. The third-order valence-corrected chi connectivity index (χ3v) is 3.22. The van der Waals surface area contributed by atoms with Crippen molar-refractivity contribution in [3.63, 3.8) is 0 Å². The highest BCUT2D eigenvalue weighted by Crippen LogP contribution is 2.24. The van der Waals surface area contributed by atoms with Crippen LogP contribution in [0.25, 0.3) is 5.69 Å². The van der Waals surface area contributed by atoms with E-state index in [0.717, 1.165) is 0 Å². The smallest absolute Gasteiger partial charge is 0.294 e. The van der Waals surface area contributed by atoms with Gasteiger partial charge in [0.1, 0.15) is 11.4 Å². The monoisotopic (exact) mass is 312 g/mol. The molecule has 2 aromatic heterocycles. The first-order valence-electron chi connectivity index (χ1n) is 6.72. The molecule has 23 heavy (non-hydrogen) atoms. The minimum atomic E-state index is -0.529. The van der Waals surface area contributed by atoms with E-state index in [-0.39, 0.29) is 17.8 Å². The first kappa shape index (κ1) is 14.5. The van der Waals surface area contributed by atoms with Crippen LogP contribution in [0.15, 0.2) is 59.7 Å². The predicted molar refractivity (Wildman–Crippen MR) is 80.1 cm³/mol. The fourth-order valence-electron chi connectivity index (χ4n) is 2.11. The van der Waals surface area contributed by atoms with Crippen molar-refractivity contribution in [1.29, 1.82) is 0 Å². The summed E-state index contributed by atoms with van der Waals surface area (Å²) in [4.78, 5) is 26.7. The van der Waals surface area contributed by atoms with Crippen LogP contribution < -0.4 is 5.32 Å². The summed E-state index contributed by atoms with van der Waals surface area (Å²) in [5.41, 5.74) is 0.371. The SMILES string of the molecule is O=C(NCc1ccco1)c1ccc(-n2ccnc2)c([N+](=O)[O-])c1. The lowest BCUT2D eigenvalue weighted by atomic mass is 10.1. The molecule has 0 atom stereocenters. The summed E-state index contributed by atoms with van der Waals surface area (Å²) >= 11 is 0. The molecular formula is C15H12N4O4. The van der Waals surface area contributed by atoms with Crippen molar-refractivity contribution in [3.05, 3.63) is 76.8 Å². The number of amides is 1. The van der Waals surface area contributed by atoms with Crippen LogP contribution in [0, 0.1) is 10.1 Å². The van der Waals surface area contributed by atoms with Crippen LogP contribution in [0.4, 0.5) is 5.69 Å². The largest absolute Gasteiger partial charge is 0.467 e. The molecule has 0 spiro atoms. The quantitative estimate of drug-likeness (QED) is 0.575. The third-order valence-electron chi connectivity index (χ3n) is 3.22. The average Bonchev–Trinajstić information content (AvgIpc) is 3.25. The second kappa shape index (κ2) is 6.14. The van der Waals surface area contributed by atoms with Crippen molar-refractivity contribution >= 4 is 11.6 Å². The van der Waals surface area contributed by atoms with Crippen molar-refractivity contribution in [2.75, 3.05) is 0 Å². The summed E-state index contributed by atoms with van der Waals surface area (Å²) in [7, 11) is 0. The van der Waals surface area contributed by atoms with Crippen LogP contribution >= 0.6 is 0 Å². The molecule has 3 aromatic rings. The maximum atomic E-state index is 12.1. The van der Waals surface area contributed by atoms with Gasteiger partial charge in [-0.1, -0.05) is 0 Å². The lowest BCUT2D eigenvalue weighted by molar-refractivity contribution is -0.384. The second-order valence-electron chi connectivity index (χ2n) is 4.69. The summed E-state index contributed by atoms with van der Waals surface area (Å²) < 4.78 is 6.63. The number of carbonyl (C=O) groups is 1. The van der Waals surface area contributed by atoms with Gasteiger partial charge in [-0.2, -0.15) is 0 Å². The van der Waals surface area contributed by atoms with Gasteiger partial charge in [0.25, 0.3) is 11.6 Å². The minimum Gasteiger partial charge on any atom is -0.467 e. The summed E-state index contributed by atoms with van der Waals surface area (Å²) in [5, 5.41) is 13.9. The van der Waals surface area contributed by atoms with E-state index in [4.69, 9.17) is 4.42 Å². The third kappa shape index (κ3) is 3.10. The molecule has 0 radical (unpaired) electrons. The highest BCUT2D eigenvalue weighted by atomic mass is 16.6. The van der Waals surface area contributed by atoms with Crippen LogP contribution in [0.2, 0.25) is 0 Å². The highest BCUT2D eigenvalue weighted by molar-refractivity contribution is 5.95. The minimum absolute atomic E-state index is 0.173. The zero-order chi connectivity index (χ0) is 16.2. The molecule has 0 saturated heterocycles. The van der Waals surface area contributed by atoms with E-state index in [1.807, 2.05) is 0 Å². The van der Waals surface area contributed by atoms with Crippen molar-refractivity contribution < 1.29 is 14.1 Å². The molecule has 1 aromatic carbocycles. The standard InChI is InChI=1S/C15H12N4O4/c20-15(17-9-12-2-1-7-23-12)11-3-4-13(14(8-11)19(21)22)18-6-5-16-10-18/h1-8,10H,9H2,(H,17,20). The molecule has 1 amide bonds. The number of hydrogen-bond acceptors (Lipinski definition) is 5. The number of nitrogens with zero attached hydrogens (tertiary/aromatic N) is 3. The molecule has 2 heterocycles. The summed E-state index contributed by atoms with van der Waals surface area (Å²) in [5.74, 6) is 0.185. The molecule has 0 fully saturated rings. The molecule has 1 N–H and O–H groups in total. The number of imidazole rings is 1. The molecular weight excluding hydrogens is 300 g/mol. The molecule has 8 heteroatoms. The van der Waals surface area contributed by atoms with Gasteiger partial charge in [0, 0.05) is 24.0 Å². The van der Waals surface area contributed by atoms with E-state index in [9.17, 15) is 14.9 Å². The van der Waals surface area contributed by atoms with E-state index in [2.05, 4.69) is 10.3 Å². The van der Waals surface area contributed by atoms with Gasteiger partial charge in [0.15, 0.2) is 0 Å². The van der Waals surface area contributed by atoms with E-state index in [1.54, 1.807) is 18.3 Å². The van der Waals surface area contributed by atoms with Gasteiger partial charge in [-0.15, -0.1) is 0 Å². The normalized spacial score (nSPS) is 10.4. The Labute approximate surface area is 130 Å². The summed E-state index contributed by atoms with van der Waals surface area (Å²) in [6.45, 7) is 0.211. The number of benzene rings is 1. The number of carbonyl (C=O) groups excluding carboxylic acids is 1. The molecule has 3 rings (SSSR count). The fourth-order valence-corrected chi connectivity index (χ4v) is 2.11. The second-order valence-corrected chi connectivity index (χ2v) is 4.69. The number of nitro benzene ring substituents is 1. The first-order chi connectivity index (χ1) is 11.1. The van der Waals surface area contributed by atoms with Crippen LogP contribution in [0.3, 0.4) is 0 Å². The van der Waals surface area contributed by atoms with E-state index in [0.29, 0.717) is 11.4 Å². The molecule has 0 unspecified atom stereocenters.